The van der Waals surface area contributed by atoms with E-state index in [1.54, 1.807) is 19.4 Å². The van der Waals surface area contributed by atoms with Gasteiger partial charge in [-0.15, -0.1) is 0 Å². The van der Waals surface area contributed by atoms with Crippen molar-refractivity contribution >= 4 is 17.7 Å². The lowest BCUT2D eigenvalue weighted by atomic mass is 9.33. The van der Waals surface area contributed by atoms with Crippen molar-refractivity contribution in [1.29, 1.82) is 0 Å². The highest BCUT2D eigenvalue weighted by Gasteiger charge is 2.71. The van der Waals surface area contributed by atoms with Crippen LogP contribution in [0.4, 0.5) is 0 Å². The van der Waals surface area contributed by atoms with Crippen LogP contribution in [0.3, 0.4) is 0 Å². The highest BCUT2D eigenvalue weighted by atomic mass is 16.5. The van der Waals surface area contributed by atoms with Crippen molar-refractivity contribution in [2.45, 2.75) is 152 Å². The number of carboxylic acid groups (broad SMARTS) is 1. The molecule has 6 aliphatic carbocycles. The SMILES string of the molecule is CC(C)C1=C2C3CCC4C5(C)CCC(OC(=O)CC(C)(C)C(=O)O)C(C)(C)C5CCC4(C)C3(C)CCC2(C(O)CN2CC(N(C)C)=C3CCC3C2)CC1=O. The average molecular weight is 749 g/mol. The van der Waals surface area contributed by atoms with E-state index in [1.165, 1.54) is 24.1 Å². The average Bonchev–Trinajstić information content (AvgIpc) is 3.36. The topological polar surface area (TPSA) is 107 Å². The predicted molar refractivity (Wildman–Crippen MR) is 211 cm³/mol. The van der Waals surface area contributed by atoms with Crippen LogP contribution in [0, 0.1) is 62.1 Å². The number of carbonyl (C=O) groups is 3. The molecule has 8 heteroatoms. The van der Waals surface area contributed by atoms with Gasteiger partial charge in [0.05, 0.1) is 17.9 Å². The number of rotatable bonds is 9. The van der Waals surface area contributed by atoms with Gasteiger partial charge in [-0.1, -0.05) is 54.0 Å². The molecule has 7 aliphatic rings. The van der Waals surface area contributed by atoms with Crippen LogP contribution in [0.5, 0.6) is 0 Å². The molecular formula is C46H72N2O6. The number of aliphatic hydroxyl groups is 1. The Bertz CT molecular complexity index is 1640. The summed E-state index contributed by atoms with van der Waals surface area (Å²) in [5.41, 5.74) is 3.71. The van der Waals surface area contributed by atoms with Gasteiger partial charge in [0.15, 0.2) is 5.78 Å². The Labute approximate surface area is 325 Å². The number of esters is 1. The minimum Gasteiger partial charge on any atom is -0.481 e. The molecule has 0 amide bonds. The van der Waals surface area contributed by atoms with E-state index in [1.807, 2.05) is 0 Å². The molecule has 10 atom stereocenters. The van der Waals surface area contributed by atoms with Crippen LogP contribution in [0.2, 0.25) is 0 Å². The molecule has 5 saturated carbocycles. The molecule has 8 nitrogen and oxygen atoms in total. The van der Waals surface area contributed by atoms with Crippen molar-refractivity contribution in [1.82, 2.24) is 9.80 Å². The number of carbonyl (C=O) groups excluding carboxylic acids is 2. The first-order valence-corrected chi connectivity index (χ1v) is 21.5. The molecule has 10 unspecified atom stereocenters. The number of nitrogens with zero attached hydrogens (tertiary/aromatic N) is 2. The van der Waals surface area contributed by atoms with Gasteiger partial charge in [0.1, 0.15) is 6.10 Å². The molecule has 0 spiro atoms. The maximum atomic E-state index is 14.2. The normalized spacial score (nSPS) is 40.9. The number of ether oxygens (including phenoxy) is 1. The Morgan fingerprint density at radius 3 is 2.26 bits per heavy atom. The van der Waals surface area contributed by atoms with Gasteiger partial charge in [-0.3, -0.25) is 19.3 Å². The molecule has 7 rings (SSSR count). The van der Waals surface area contributed by atoms with Crippen LogP contribution in [-0.4, -0.2) is 83.7 Å². The largest absolute Gasteiger partial charge is 0.481 e. The molecular weight excluding hydrogens is 677 g/mol. The van der Waals surface area contributed by atoms with Crippen molar-refractivity contribution in [2.24, 2.45) is 62.1 Å². The summed E-state index contributed by atoms with van der Waals surface area (Å²) < 4.78 is 6.19. The maximum absolute atomic E-state index is 14.2. The Morgan fingerprint density at radius 1 is 0.944 bits per heavy atom. The van der Waals surface area contributed by atoms with Crippen molar-refractivity contribution in [3.05, 3.63) is 22.4 Å². The lowest BCUT2D eigenvalue weighted by Crippen LogP contribution is -2.66. The zero-order chi connectivity index (χ0) is 39.6. The monoisotopic (exact) mass is 749 g/mol. The van der Waals surface area contributed by atoms with Crippen LogP contribution in [0.15, 0.2) is 22.4 Å². The fourth-order valence-corrected chi connectivity index (χ4v) is 14.7. The Hall–Kier alpha value is -2.19. The molecule has 0 aromatic rings. The quantitative estimate of drug-likeness (QED) is 0.227. The number of aliphatic carboxylic acids is 1. The third kappa shape index (κ3) is 5.74. The van der Waals surface area contributed by atoms with Gasteiger partial charge in [0.25, 0.3) is 0 Å². The fourth-order valence-electron chi connectivity index (χ4n) is 14.7. The van der Waals surface area contributed by atoms with Gasteiger partial charge < -0.3 is 19.8 Å². The van der Waals surface area contributed by atoms with Crippen LogP contribution >= 0.6 is 0 Å². The number of hydrogen-bond donors (Lipinski definition) is 2. The van der Waals surface area contributed by atoms with Gasteiger partial charge in [0, 0.05) is 56.7 Å². The van der Waals surface area contributed by atoms with Gasteiger partial charge in [-0.05, 0) is 135 Å². The highest BCUT2D eigenvalue weighted by molar-refractivity contribution is 6.00. The summed E-state index contributed by atoms with van der Waals surface area (Å²) in [4.78, 5) is 43.9. The standard InChI is InChI=1S/C46H72N2O6/c1-27(2)38-32(49)22-46(35(50)26-48-24-28-12-13-29(28)31(25-48)47(10)11)21-20-44(8)30(39(38)46)14-15-34-43(7)18-17-36(54-37(51)23-41(3,4)40(52)53)42(5,6)33(43)16-19-45(34,44)9/h27-28,30,33-36,50H,12-26H2,1-11H3,(H,52,53). The van der Waals surface area contributed by atoms with E-state index in [2.05, 4.69) is 72.4 Å². The minimum atomic E-state index is -1.16. The lowest BCUT2D eigenvalue weighted by Gasteiger charge is -2.72. The predicted octanol–water partition coefficient (Wildman–Crippen LogP) is 8.28. The number of carboxylic acids is 1. The number of aliphatic hydroxyl groups excluding tert-OH is 1. The summed E-state index contributed by atoms with van der Waals surface area (Å²) in [6, 6.07) is 0. The molecule has 0 saturated heterocycles. The van der Waals surface area contributed by atoms with E-state index in [0.717, 1.165) is 70.0 Å². The van der Waals surface area contributed by atoms with Crippen molar-refractivity contribution in [3.63, 3.8) is 0 Å². The third-order valence-electron chi connectivity index (χ3n) is 17.9. The summed E-state index contributed by atoms with van der Waals surface area (Å²) >= 11 is 0. The summed E-state index contributed by atoms with van der Waals surface area (Å²) in [5, 5.41) is 22.2. The smallest absolute Gasteiger partial charge is 0.309 e. The van der Waals surface area contributed by atoms with E-state index in [4.69, 9.17) is 4.74 Å². The molecule has 1 heterocycles. The summed E-state index contributed by atoms with van der Waals surface area (Å²) in [6.07, 6.45) is 9.99. The van der Waals surface area contributed by atoms with Crippen molar-refractivity contribution in [3.8, 4) is 0 Å². The van der Waals surface area contributed by atoms with Crippen molar-refractivity contribution < 1.29 is 29.3 Å². The van der Waals surface area contributed by atoms with Crippen molar-refractivity contribution in [2.75, 3.05) is 33.7 Å². The second kappa shape index (κ2) is 13.2. The first-order chi connectivity index (χ1) is 25.0. The van der Waals surface area contributed by atoms with Gasteiger partial charge >= 0.3 is 11.9 Å². The van der Waals surface area contributed by atoms with Gasteiger partial charge in [-0.2, -0.15) is 0 Å². The van der Waals surface area contributed by atoms with Crippen LogP contribution in [-0.2, 0) is 19.1 Å². The zero-order valence-electron chi connectivity index (χ0n) is 35.6. The van der Waals surface area contributed by atoms with Gasteiger partial charge in [0.2, 0.25) is 0 Å². The molecule has 2 N–H and O–H groups in total. The van der Waals surface area contributed by atoms with E-state index < -0.39 is 28.9 Å². The Kier molecular flexibility index (Phi) is 9.77. The van der Waals surface area contributed by atoms with E-state index >= 15 is 0 Å². The Balaban J connectivity index is 1.16. The second-order valence-corrected chi connectivity index (χ2v) is 21.9. The van der Waals surface area contributed by atoms with Crippen LogP contribution < -0.4 is 0 Å². The third-order valence-corrected chi connectivity index (χ3v) is 17.9. The van der Waals surface area contributed by atoms with Crippen LogP contribution in [0.1, 0.15) is 139 Å². The number of ketones is 1. The number of fused-ring (bicyclic) bond motifs is 8. The van der Waals surface area contributed by atoms with E-state index in [0.29, 0.717) is 30.7 Å². The van der Waals surface area contributed by atoms with E-state index in [-0.39, 0.29) is 51.8 Å². The summed E-state index contributed by atoms with van der Waals surface area (Å²) in [6.45, 7) is 22.4. The molecule has 54 heavy (non-hydrogen) atoms. The number of β-amino-alcohol motifs (C(OH)–C–C–N with tert-alkyl or cyclic N) is 1. The summed E-state index contributed by atoms with van der Waals surface area (Å²) in [7, 11) is 4.31. The second-order valence-electron chi connectivity index (χ2n) is 21.9. The number of likely N-dealkylation sites (N-methyl/N-ethyl adjacent to an activating group) is 1. The molecule has 0 aromatic heterocycles. The zero-order valence-corrected chi connectivity index (χ0v) is 35.6. The molecule has 302 valence electrons. The molecule has 1 aliphatic heterocycles. The molecule has 0 radical (unpaired) electrons. The Morgan fingerprint density at radius 2 is 1.65 bits per heavy atom. The van der Waals surface area contributed by atoms with E-state index in [9.17, 15) is 24.6 Å². The first kappa shape index (κ1) is 40.0. The minimum absolute atomic E-state index is 0.00979. The highest BCUT2D eigenvalue weighted by Crippen LogP contribution is 2.77. The van der Waals surface area contributed by atoms with Crippen LogP contribution in [0.25, 0.3) is 0 Å². The number of allylic oxidation sites excluding steroid dienone is 1. The molecule has 0 aromatic carbocycles. The maximum Gasteiger partial charge on any atom is 0.309 e. The summed E-state index contributed by atoms with van der Waals surface area (Å²) in [5.74, 6) is 0.797. The van der Waals surface area contributed by atoms with Gasteiger partial charge in [-0.25, -0.2) is 0 Å². The fraction of sp³-hybridized carbons (Fsp3) is 0.848. The molecule has 5 fully saturated rings. The first-order valence-electron chi connectivity index (χ1n) is 21.5. The number of hydrogen-bond acceptors (Lipinski definition) is 7. The lowest BCUT2D eigenvalue weighted by molar-refractivity contribution is -0.235. The number of Topliss-reactive ketones (excluding diaryl/α,β-unsaturated/α-hetero) is 1. The molecule has 0 bridgehead atoms.